The summed E-state index contributed by atoms with van der Waals surface area (Å²) in [5.74, 6) is 0.715. The highest BCUT2D eigenvalue weighted by atomic mass is 16.5. The van der Waals surface area contributed by atoms with Crippen LogP contribution in [0.25, 0.3) is 16.5 Å². The molecule has 0 aliphatic carbocycles. The van der Waals surface area contributed by atoms with Gasteiger partial charge in [0, 0.05) is 36.2 Å². The van der Waals surface area contributed by atoms with Gasteiger partial charge in [0.15, 0.2) is 0 Å². The lowest BCUT2D eigenvalue weighted by Gasteiger charge is -2.26. The normalized spacial score (nSPS) is 16.0. The summed E-state index contributed by atoms with van der Waals surface area (Å²) in [4.78, 5) is 14.2. The second-order valence-corrected chi connectivity index (χ2v) is 5.73. The fraction of sp³-hybridized carbons (Fsp3) is 0.389. The Hall–Kier alpha value is -2.27. The molecule has 5 heteroatoms. The first kappa shape index (κ1) is 15.6. The molecule has 1 aliphatic rings. The Bertz CT molecular complexity index is 754. The SMILES string of the molecule is COc1cc2occ(C)c2cc1/C(C)=C/C(=O)N1CCOCC1. The number of methoxy groups -OCH3 is 1. The van der Waals surface area contributed by atoms with Crippen molar-refractivity contribution in [3.05, 3.63) is 35.6 Å². The number of ether oxygens (including phenoxy) is 2. The van der Waals surface area contributed by atoms with E-state index in [1.807, 2.05) is 26.0 Å². The topological polar surface area (TPSA) is 51.9 Å². The predicted molar refractivity (Wildman–Crippen MR) is 88.6 cm³/mol. The van der Waals surface area contributed by atoms with Crippen LogP contribution in [-0.4, -0.2) is 44.2 Å². The van der Waals surface area contributed by atoms with Crippen LogP contribution in [0.15, 0.2) is 28.9 Å². The van der Waals surface area contributed by atoms with Crippen LogP contribution in [0.5, 0.6) is 5.75 Å². The summed E-state index contributed by atoms with van der Waals surface area (Å²) in [5, 5.41) is 1.03. The molecule has 1 aliphatic heterocycles. The molecule has 23 heavy (non-hydrogen) atoms. The van der Waals surface area contributed by atoms with Crippen molar-refractivity contribution in [3.8, 4) is 5.75 Å². The van der Waals surface area contributed by atoms with Crippen molar-refractivity contribution < 1.29 is 18.7 Å². The van der Waals surface area contributed by atoms with Crippen molar-refractivity contribution in [1.82, 2.24) is 4.90 Å². The maximum atomic E-state index is 12.4. The van der Waals surface area contributed by atoms with Crippen molar-refractivity contribution in [3.63, 3.8) is 0 Å². The van der Waals surface area contributed by atoms with Crippen molar-refractivity contribution in [2.24, 2.45) is 0 Å². The Balaban J connectivity index is 1.95. The van der Waals surface area contributed by atoms with Crippen LogP contribution in [-0.2, 0) is 9.53 Å². The molecule has 5 nitrogen and oxygen atoms in total. The molecular formula is C18H21NO4. The summed E-state index contributed by atoms with van der Waals surface area (Å²) in [6.45, 7) is 6.40. The van der Waals surface area contributed by atoms with Gasteiger partial charge in [-0.1, -0.05) is 0 Å². The number of furan rings is 1. The molecule has 1 amide bonds. The zero-order valence-electron chi connectivity index (χ0n) is 13.7. The number of amides is 1. The molecule has 1 fully saturated rings. The molecule has 0 saturated carbocycles. The zero-order chi connectivity index (χ0) is 16.4. The molecule has 0 unspecified atom stereocenters. The van der Waals surface area contributed by atoms with E-state index in [0.29, 0.717) is 32.1 Å². The Labute approximate surface area is 135 Å². The van der Waals surface area contributed by atoms with Gasteiger partial charge in [-0.2, -0.15) is 0 Å². The van der Waals surface area contributed by atoms with Gasteiger partial charge < -0.3 is 18.8 Å². The van der Waals surface area contributed by atoms with Crippen LogP contribution in [0.4, 0.5) is 0 Å². The lowest BCUT2D eigenvalue weighted by Crippen LogP contribution is -2.39. The van der Waals surface area contributed by atoms with Crippen LogP contribution in [0.2, 0.25) is 0 Å². The summed E-state index contributed by atoms with van der Waals surface area (Å²) in [6.07, 6.45) is 3.40. The van der Waals surface area contributed by atoms with Crippen LogP contribution >= 0.6 is 0 Å². The van der Waals surface area contributed by atoms with Crippen LogP contribution in [0, 0.1) is 6.92 Å². The zero-order valence-corrected chi connectivity index (χ0v) is 13.7. The third-order valence-electron chi connectivity index (χ3n) is 4.18. The molecule has 0 bridgehead atoms. The fourth-order valence-electron chi connectivity index (χ4n) is 2.80. The third-order valence-corrected chi connectivity index (χ3v) is 4.18. The van der Waals surface area contributed by atoms with Crippen molar-refractivity contribution in [2.45, 2.75) is 13.8 Å². The van der Waals surface area contributed by atoms with Crippen LogP contribution in [0.1, 0.15) is 18.1 Å². The number of nitrogens with zero attached hydrogens (tertiary/aromatic N) is 1. The molecule has 122 valence electrons. The second-order valence-electron chi connectivity index (χ2n) is 5.73. The Morgan fingerprint density at radius 2 is 2.04 bits per heavy atom. The van der Waals surface area contributed by atoms with Gasteiger partial charge in [0.2, 0.25) is 5.91 Å². The minimum absolute atomic E-state index is 0.0110. The summed E-state index contributed by atoms with van der Waals surface area (Å²) >= 11 is 0. The predicted octanol–water partition coefficient (Wildman–Crippen LogP) is 3.01. The standard InChI is InChI=1S/C18H21NO4/c1-12(8-18(20)19-4-6-22-7-5-19)14-9-15-13(2)11-23-17(15)10-16(14)21-3/h8-11H,4-7H2,1-3H3/b12-8+. The van der Waals surface area contributed by atoms with Gasteiger partial charge in [0.05, 0.1) is 26.6 Å². The molecular weight excluding hydrogens is 294 g/mol. The van der Waals surface area contributed by atoms with E-state index < -0.39 is 0 Å². The Morgan fingerprint density at radius 1 is 1.30 bits per heavy atom. The molecule has 3 rings (SSSR count). The summed E-state index contributed by atoms with van der Waals surface area (Å²) in [7, 11) is 1.62. The van der Waals surface area contributed by atoms with Gasteiger partial charge in [0.1, 0.15) is 11.3 Å². The molecule has 1 saturated heterocycles. The van der Waals surface area contributed by atoms with Crippen molar-refractivity contribution in [2.75, 3.05) is 33.4 Å². The summed E-state index contributed by atoms with van der Waals surface area (Å²) in [5.41, 5.74) is 3.64. The summed E-state index contributed by atoms with van der Waals surface area (Å²) < 4.78 is 16.3. The van der Waals surface area contributed by atoms with E-state index in [9.17, 15) is 4.79 Å². The van der Waals surface area contributed by atoms with E-state index in [2.05, 4.69) is 0 Å². The molecule has 0 atom stereocenters. The minimum atomic E-state index is 0.0110. The smallest absolute Gasteiger partial charge is 0.247 e. The third kappa shape index (κ3) is 3.10. The number of hydrogen-bond acceptors (Lipinski definition) is 4. The fourth-order valence-corrected chi connectivity index (χ4v) is 2.80. The van der Waals surface area contributed by atoms with Crippen molar-refractivity contribution in [1.29, 1.82) is 0 Å². The first-order chi connectivity index (χ1) is 11.1. The van der Waals surface area contributed by atoms with E-state index in [-0.39, 0.29) is 5.91 Å². The number of carbonyl (C=O) groups excluding carboxylic acids is 1. The van der Waals surface area contributed by atoms with Crippen molar-refractivity contribution >= 4 is 22.4 Å². The van der Waals surface area contributed by atoms with E-state index in [0.717, 1.165) is 27.7 Å². The van der Waals surface area contributed by atoms with E-state index in [4.69, 9.17) is 13.9 Å². The number of allylic oxidation sites excluding steroid dienone is 1. The first-order valence-corrected chi connectivity index (χ1v) is 7.71. The molecule has 0 spiro atoms. The number of carbonyl (C=O) groups is 1. The number of morpholine rings is 1. The minimum Gasteiger partial charge on any atom is -0.496 e. The molecule has 1 aromatic heterocycles. The van der Waals surface area contributed by atoms with Gasteiger partial charge >= 0.3 is 0 Å². The lowest BCUT2D eigenvalue weighted by molar-refractivity contribution is -0.129. The van der Waals surface area contributed by atoms with Gasteiger partial charge in [0.25, 0.3) is 0 Å². The quantitative estimate of drug-likeness (QED) is 0.817. The Kier molecular flexibility index (Phi) is 4.39. The van der Waals surface area contributed by atoms with E-state index in [1.54, 1.807) is 24.3 Å². The van der Waals surface area contributed by atoms with Gasteiger partial charge in [-0.15, -0.1) is 0 Å². The van der Waals surface area contributed by atoms with Crippen LogP contribution in [0.3, 0.4) is 0 Å². The highest BCUT2D eigenvalue weighted by Crippen LogP contribution is 2.33. The van der Waals surface area contributed by atoms with E-state index in [1.165, 1.54) is 0 Å². The lowest BCUT2D eigenvalue weighted by atomic mass is 10.0. The second kappa shape index (κ2) is 6.46. The van der Waals surface area contributed by atoms with Crippen LogP contribution < -0.4 is 4.74 Å². The molecule has 0 N–H and O–H groups in total. The highest BCUT2D eigenvalue weighted by molar-refractivity contribution is 5.97. The molecule has 2 heterocycles. The number of hydrogen-bond donors (Lipinski definition) is 0. The largest absolute Gasteiger partial charge is 0.496 e. The first-order valence-electron chi connectivity index (χ1n) is 7.71. The molecule has 2 aromatic rings. The monoisotopic (exact) mass is 315 g/mol. The average molecular weight is 315 g/mol. The van der Waals surface area contributed by atoms with Gasteiger partial charge in [-0.3, -0.25) is 4.79 Å². The maximum absolute atomic E-state index is 12.4. The number of aryl methyl sites for hydroxylation is 1. The maximum Gasteiger partial charge on any atom is 0.247 e. The average Bonchev–Trinajstić information content (AvgIpc) is 2.94. The highest BCUT2D eigenvalue weighted by Gasteiger charge is 2.17. The number of fused-ring (bicyclic) bond motifs is 1. The number of rotatable bonds is 3. The molecule has 1 aromatic carbocycles. The van der Waals surface area contributed by atoms with Gasteiger partial charge in [-0.25, -0.2) is 0 Å². The Morgan fingerprint density at radius 3 is 2.74 bits per heavy atom. The molecule has 0 radical (unpaired) electrons. The number of benzene rings is 1. The van der Waals surface area contributed by atoms with E-state index >= 15 is 0 Å². The summed E-state index contributed by atoms with van der Waals surface area (Å²) in [6, 6.07) is 3.89. The van der Waals surface area contributed by atoms with Gasteiger partial charge in [-0.05, 0) is 31.1 Å².